The van der Waals surface area contributed by atoms with Crippen LogP contribution in [0.15, 0.2) is 35.5 Å². The van der Waals surface area contributed by atoms with Crippen LogP contribution in [0.3, 0.4) is 0 Å². The number of carbonyl (C=O) groups excluding carboxylic acids is 1. The maximum Gasteiger partial charge on any atom is 0.335 e. The first-order valence-electron chi connectivity index (χ1n) is 5.71. The van der Waals surface area contributed by atoms with E-state index in [2.05, 4.69) is 0 Å². The Bertz CT molecular complexity index is 694. The fraction of sp³-hybridized carbons (Fsp3) is 0.0769. The molecular weight excluding hydrogens is 282 g/mol. The first-order valence-corrected chi connectivity index (χ1v) is 6.66. The van der Waals surface area contributed by atoms with Crippen molar-refractivity contribution in [2.75, 3.05) is 0 Å². The summed E-state index contributed by atoms with van der Waals surface area (Å²) in [4.78, 5) is 22.4. The molecule has 1 aromatic rings. The fourth-order valence-corrected chi connectivity index (χ4v) is 3.54. The number of aliphatic hydroxyl groups is 1. The number of carbonyl (C=O) groups is 2. The number of aromatic carboxylic acids is 1. The van der Waals surface area contributed by atoms with E-state index in [0.717, 1.165) is 0 Å². The summed E-state index contributed by atoms with van der Waals surface area (Å²) < 4.78 is 0. The normalized spacial score (nSPS) is 23.4. The Balaban J connectivity index is 2.09. The Morgan fingerprint density at radius 1 is 1.35 bits per heavy atom. The van der Waals surface area contributed by atoms with Gasteiger partial charge in [-0.2, -0.15) is 0 Å². The van der Waals surface area contributed by atoms with Gasteiger partial charge >= 0.3 is 5.97 Å². The molecule has 2 atom stereocenters. The average molecular weight is 291 g/mol. The first-order chi connectivity index (χ1) is 9.49. The van der Waals surface area contributed by atoms with Crippen LogP contribution in [0.4, 0.5) is 0 Å². The smallest absolute Gasteiger partial charge is 0.335 e. The largest absolute Gasteiger partial charge is 0.540 e. The highest BCUT2D eigenvalue weighted by Gasteiger charge is 2.39. The van der Waals surface area contributed by atoms with Gasteiger partial charge in [-0.15, -0.1) is 0 Å². The maximum absolute atomic E-state index is 11.0. The number of aliphatic hydroxyl groups excluding tert-OH is 1. The Kier molecular flexibility index (Phi) is 2.81. The Morgan fingerprint density at radius 2 is 2.10 bits per heavy atom. The standard InChI is InChI=1S/C13H9NO5S/c15-10-4-14-9(13(18)19)5-20-11(14)7-2-1-6(12(16)17)3-8(7)10/h1-5,11,15H,(H,16,17)(H,18,19). The molecular formula is C13H9NO5S. The van der Waals surface area contributed by atoms with Gasteiger partial charge in [-0.3, -0.25) is 4.90 Å². The molecule has 2 heterocycles. The molecule has 2 aliphatic heterocycles. The number of nitrogens with one attached hydrogen (secondary N) is 1. The Morgan fingerprint density at radius 3 is 2.75 bits per heavy atom. The minimum atomic E-state index is -1.29. The third-order valence-electron chi connectivity index (χ3n) is 3.29. The summed E-state index contributed by atoms with van der Waals surface area (Å²) in [6.07, 6.45) is 1.36. The maximum atomic E-state index is 11.0. The number of hydrogen-bond acceptors (Lipinski definition) is 5. The van der Waals surface area contributed by atoms with Gasteiger partial charge in [0.05, 0.1) is 5.56 Å². The number of thioether (sulfide) groups is 1. The molecule has 2 aliphatic rings. The van der Waals surface area contributed by atoms with Crippen molar-refractivity contribution >= 4 is 29.5 Å². The molecule has 0 radical (unpaired) electrons. The number of benzene rings is 1. The molecule has 3 N–H and O–H groups in total. The fourth-order valence-electron chi connectivity index (χ4n) is 2.34. The second-order valence-corrected chi connectivity index (χ2v) is 5.41. The molecule has 6 nitrogen and oxygen atoms in total. The molecule has 0 amide bonds. The van der Waals surface area contributed by atoms with Crippen molar-refractivity contribution in [1.82, 2.24) is 0 Å². The van der Waals surface area contributed by atoms with Gasteiger partial charge in [0.15, 0.2) is 16.8 Å². The van der Waals surface area contributed by atoms with Crippen LogP contribution in [-0.4, -0.2) is 22.2 Å². The molecule has 0 saturated heterocycles. The molecule has 0 aliphatic carbocycles. The highest BCUT2D eigenvalue weighted by atomic mass is 32.2. The van der Waals surface area contributed by atoms with Crippen molar-refractivity contribution < 1.29 is 29.8 Å². The van der Waals surface area contributed by atoms with Gasteiger partial charge < -0.3 is 20.1 Å². The van der Waals surface area contributed by atoms with Gasteiger partial charge in [-0.1, -0.05) is 17.8 Å². The summed E-state index contributed by atoms with van der Waals surface area (Å²) in [6, 6.07) is 4.43. The second kappa shape index (κ2) is 4.39. The molecule has 0 spiro atoms. The van der Waals surface area contributed by atoms with E-state index >= 15 is 0 Å². The molecule has 0 saturated carbocycles. The predicted molar refractivity (Wildman–Crippen MR) is 68.4 cm³/mol. The van der Waals surface area contributed by atoms with E-state index in [9.17, 15) is 19.8 Å². The predicted octanol–water partition coefficient (Wildman–Crippen LogP) is -0.524. The van der Waals surface area contributed by atoms with Crippen molar-refractivity contribution in [3.8, 4) is 0 Å². The van der Waals surface area contributed by atoms with Crippen molar-refractivity contribution in [3.05, 3.63) is 52.2 Å². The highest BCUT2D eigenvalue weighted by Crippen LogP contribution is 2.36. The number of quaternary nitrogens is 1. The van der Waals surface area contributed by atoms with E-state index in [0.29, 0.717) is 16.0 Å². The van der Waals surface area contributed by atoms with Crippen LogP contribution in [0, 0.1) is 0 Å². The average Bonchev–Trinajstić information content (AvgIpc) is 2.82. The highest BCUT2D eigenvalue weighted by molar-refractivity contribution is 8.02. The minimum absolute atomic E-state index is 0.0551. The number of carboxylic acid groups (broad SMARTS) is 2. The van der Waals surface area contributed by atoms with Crippen LogP contribution >= 0.6 is 11.8 Å². The van der Waals surface area contributed by atoms with Crippen LogP contribution < -0.4 is 10.0 Å². The molecule has 20 heavy (non-hydrogen) atoms. The third-order valence-corrected chi connectivity index (χ3v) is 4.44. The van der Waals surface area contributed by atoms with E-state index in [-0.39, 0.29) is 22.4 Å². The van der Waals surface area contributed by atoms with Crippen LogP contribution in [0.2, 0.25) is 0 Å². The lowest BCUT2D eigenvalue weighted by atomic mass is 9.99. The molecule has 3 rings (SSSR count). The summed E-state index contributed by atoms with van der Waals surface area (Å²) in [6.45, 7) is 0. The summed E-state index contributed by atoms with van der Waals surface area (Å²) in [7, 11) is 0. The molecule has 0 bridgehead atoms. The van der Waals surface area contributed by atoms with Crippen molar-refractivity contribution in [2.45, 2.75) is 5.37 Å². The molecule has 0 aromatic heterocycles. The Labute approximate surface area is 117 Å². The van der Waals surface area contributed by atoms with E-state index in [4.69, 9.17) is 5.11 Å². The van der Waals surface area contributed by atoms with Crippen molar-refractivity contribution in [3.63, 3.8) is 0 Å². The van der Waals surface area contributed by atoms with E-state index < -0.39 is 11.9 Å². The number of aliphatic carboxylic acids is 1. The summed E-state index contributed by atoms with van der Waals surface area (Å²) >= 11 is 1.30. The van der Waals surface area contributed by atoms with E-state index in [1.54, 1.807) is 6.07 Å². The quantitative estimate of drug-likeness (QED) is 0.677. The number of fused-ring (bicyclic) bond motifs is 3. The van der Waals surface area contributed by atoms with Crippen LogP contribution in [0.25, 0.3) is 5.76 Å². The molecule has 2 unspecified atom stereocenters. The molecule has 102 valence electrons. The summed E-state index contributed by atoms with van der Waals surface area (Å²) in [5.74, 6) is -2.50. The van der Waals surface area contributed by atoms with E-state index in [1.807, 2.05) is 0 Å². The van der Waals surface area contributed by atoms with Gasteiger partial charge in [0.25, 0.3) is 0 Å². The van der Waals surface area contributed by atoms with Gasteiger partial charge in [0.1, 0.15) is 12.2 Å². The lowest BCUT2D eigenvalue weighted by molar-refractivity contribution is -0.818. The summed E-state index contributed by atoms with van der Waals surface area (Å²) in [5, 5.41) is 31.2. The van der Waals surface area contributed by atoms with Crippen molar-refractivity contribution in [2.24, 2.45) is 0 Å². The molecule has 1 aromatic carbocycles. The lowest BCUT2D eigenvalue weighted by Crippen LogP contribution is -3.06. The first kappa shape index (κ1) is 12.8. The lowest BCUT2D eigenvalue weighted by Gasteiger charge is -2.26. The monoisotopic (exact) mass is 291 g/mol. The number of hydrogen-bond donors (Lipinski definition) is 3. The molecule has 7 heteroatoms. The topological polar surface area (TPSA) is 102 Å². The Hall–Kier alpha value is -2.25. The van der Waals surface area contributed by atoms with Gasteiger partial charge in [0.2, 0.25) is 0 Å². The zero-order chi connectivity index (χ0) is 14.4. The zero-order valence-electron chi connectivity index (χ0n) is 9.99. The van der Waals surface area contributed by atoms with Crippen molar-refractivity contribution in [1.29, 1.82) is 0 Å². The number of carboxylic acids is 2. The summed E-state index contributed by atoms with van der Waals surface area (Å²) in [5.41, 5.74) is 1.24. The third kappa shape index (κ3) is 1.79. The second-order valence-electron chi connectivity index (χ2n) is 4.43. The van der Waals surface area contributed by atoms with Gasteiger partial charge in [-0.25, -0.2) is 4.79 Å². The minimum Gasteiger partial charge on any atom is -0.540 e. The van der Waals surface area contributed by atoms with Gasteiger partial charge in [0, 0.05) is 16.5 Å². The number of rotatable bonds is 2. The van der Waals surface area contributed by atoms with E-state index in [1.165, 1.54) is 35.5 Å². The van der Waals surface area contributed by atoms with Crippen LogP contribution in [-0.2, 0) is 4.79 Å². The SMILES string of the molecule is O=C([O-])C1=CSC2c3ccc(C(=O)O)cc3C(O)=C[NH+]12. The zero-order valence-corrected chi connectivity index (χ0v) is 10.8. The molecule has 0 fully saturated rings. The van der Waals surface area contributed by atoms with Crippen LogP contribution in [0.1, 0.15) is 26.9 Å². The van der Waals surface area contributed by atoms with Crippen LogP contribution in [0.5, 0.6) is 0 Å². The van der Waals surface area contributed by atoms with Gasteiger partial charge in [-0.05, 0) is 12.1 Å².